The quantitative estimate of drug-likeness (QED) is 0.273. The van der Waals surface area contributed by atoms with E-state index in [2.05, 4.69) is 27.1 Å². The summed E-state index contributed by atoms with van der Waals surface area (Å²) >= 11 is 0. The van der Waals surface area contributed by atoms with Crippen molar-refractivity contribution in [1.29, 1.82) is 0 Å². The van der Waals surface area contributed by atoms with Gasteiger partial charge in [0.2, 0.25) is 0 Å². The van der Waals surface area contributed by atoms with Crippen LogP contribution in [0.4, 0.5) is 10.2 Å². The van der Waals surface area contributed by atoms with Crippen molar-refractivity contribution in [2.45, 2.75) is 44.2 Å². The first kappa shape index (κ1) is 28.3. The van der Waals surface area contributed by atoms with E-state index in [-0.39, 0.29) is 22.5 Å². The number of amides is 1. The maximum Gasteiger partial charge on any atom is 0.281 e. The Hall–Kier alpha value is -4.25. The van der Waals surface area contributed by atoms with E-state index in [0.717, 1.165) is 24.8 Å². The summed E-state index contributed by atoms with van der Waals surface area (Å²) in [5.41, 5.74) is 2.17. The van der Waals surface area contributed by atoms with Gasteiger partial charge in [-0.15, -0.1) is 0 Å². The first-order chi connectivity index (χ1) is 19.7. The number of sulfonamides is 1. The van der Waals surface area contributed by atoms with Gasteiger partial charge in [0.25, 0.3) is 15.9 Å². The number of carbonyl (C=O) groups excluding carboxylic acids is 1. The molecule has 1 fully saturated rings. The first-order valence-electron chi connectivity index (χ1n) is 13.5. The van der Waals surface area contributed by atoms with E-state index in [4.69, 9.17) is 9.72 Å². The standard InChI is InChI=1S/C30H32FN5O4S/c1-20(2)19-40-25-17-22(16-23(31)18-25)27-11-10-26(30(37)35-41(38,39)28-12-13-32-34-28)29(33-27)36-14-6-9-24(36)15-21-7-4-3-5-8-21/h3-5,7-8,10-13,16-18,20,24H,6,9,14-15,19H2,1-2H3,(H,32,34)(H,35,37). The van der Waals surface area contributed by atoms with Gasteiger partial charge < -0.3 is 9.64 Å². The van der Waals surface area contributed by atoms with Gasteiger partial charge in [-0.25, -0.2) is 14.1 Å². The summed E-state index contributed by atoms with van der Waals surface area (Å²) in [5, 5.41) is 5.81. The molecule has 1 unspecified atom stereocenters. The number of hydrogen-bond donors (Lipinski definition) is 2. The van der Waals surface area contributed by atoms with Crippen molar-refractivity contribution >= 4 is 21.7 Å². The molecule has 1 aliphatic rings. The predicted octanol–water partition coefficient (Wildman–Crippen LogP) is 4.98. The second-order valence-electron chi connectivity index (χ2n) is 10.5. The lowest BCUT2D eigenvalue weighted by molar-refractivity contribution is 0.0981. The van der Waals surface area contributed by atoms with Crippen LogP contribution in [0.5, 0.6) is 5.75 Å². The van der Waals surface area contributed by atoms with Crippen molar-refractivity contribution in [1.82, 2.24) is 19.9 Å². The van der Waals surface area contributed by atoms with E-state index in [1.54, 1.807) is 12.1 Å². The van der Waals surface area contributed by atoms with Crippen molar-refractivity contribution in [3.8, 4) is 17.0 Å². The van der Waals surface area contributed by atoms with Gasteiger partial charge in [0.05, 0.1) is 24.1 Å². The molecule has 214 valence electrons. The normalized spacial score (nSPS) is 15.3. The number of carbonyl (C=O) groups is 1. The molecular weight excluding hydrogens is 545 g/mol. The summed E-state index contributed by atoms with van der Waals surface area (Å²) in [6.07, 6.45) is 3.77. The van der Waals surface area contributed by atoms with Crippen LogP contribution in [0.1, 0.15) is 42.6 Å². The Bertz CT molecular complexity index is 1610. The minimum absolute atomic E-state index is 0.0355. The molecule has 41 heavy (non-hydrogen) atoms. The maximum absolute atomic E-state index is 14.6. The van der Waals surface area contributed by atoms with Gasteiger partial charge in [-0.05, 0) is 61.1 Å². The van der Waals surface area contributed by atoms with Gasteiger partial charge in [-0.2, -0.15) is 13.5 Å². The fraction of sp³-hybridized carbons (Fsp3) is 0.300. The largest absolute Gasteiger partial charge is 0.493 e. The molecule has 0 aliphatic carbocycles. The first-order valence-corrected chi connectivity index (χ1v) is 15.0. The number of rotatable bonds is 10. The minimum Gasteiger partial charge on any atom is -0.493 e. The fourth-order valence-electron chi connectivity index (χ4n) is 4.90. The van der Waals surface area contributed by atoms with E-state index < -0.39 is 21.7 Å². The highest BCUT2D eigenvalue weighted by molar-refractivity contribution is 7.90. The Balaban J connectivity index is 1.53. The number of H-pyrrole nitrogens is 1. The summed E-state index contributed by atoms with van der Waals surface area (Å²) in [5.74, 6) is -0.307. The van der Waals surface area contributed by atoms with E-state index >= 15 is 0 Å². The number of nitrogens with zero attached hydrogens (tertiary/aromatic N) is 3. The topological polar surface area (TPSA) is 117 Å². The molecule has 0 bridgehead atoms. The van der Waals surface area contributed by atoms with Gasteiger partial charge in [-0.1, -0.05) is 44.2 Å². The molecule has 1 atom stereocenters. The summed E-state index contributed by atoms with van der Waals surface area (Å²) in [4.78, 5) is 20.3. The summed E-state index contributed by atoms with van der Waals surface area (Å²) in [6, 6.07) is 18.8. The Labute approximate surface area is 238 Å². The molecule has 11 heteroatoms. The second-order valence-corrected chi connectivity index (χ2v) is 12.1. The number of aromatic amines is 1. The number of aromatic nitrogens is 3. The zero-order chi connectivity index (χ0) is 29.0. The lowest BCUT2D eigenvalue weighted by Crippen LogP contribution is -2.36. The average molecular weight is 578 g/mol. The minimum atomic E-state index is -4.18. The van der Waals surface area contributed by atoms with Crippen LogP contribution < -0.4 is 14.4 Å². The van der Waals surface area contributed by atoms with Crippen molar-refractivity contribution in [3.63, 3.8) is 0 Å². The van der Waals surface area contributed by atoms with E-state index in [0.29, 0.717) is 36.0 Å². The highest BCUT2D eigenvalue weighted by Crippen LogP contribution is 2.33. The molecule has 5 rings (SSSR count). The van der Waals surface area contributed by atoms with Crippen LogP contribution in [0.25, 0.3) is 11.3 Å². The third kappa shape index (κ3) is 6.74. The van der Waals surface area contributed by atoms with Crippen molar-refractivity contribution in [3.05, 3.63) is 89.9 Å². The summed E-state index contributed by atoms with van der Waals surface area (Å²) in [7, 11) is -4.18. The van der Waals surface area contributed by atoms with E-state index in [9.17, 15) is 17.6 Å². The molecule has 2 aromatic carbocycles. The Morgan fingerprint density at radius 1 is 1.15 bits per heavy atom. The molecule has 0 radical (unpaired) electrons. The van der Waals surface area contributed by atoms with Gasteiger partial charge in [0.15, 0.2) is 5.03 Å². The highest BCUT2D eigenvalue weighted by atomic mass is 32.2. The van der Waals surface area contributed by atoms with Gasteiger partial charge in [0.1, 0.15) is 17.4 Å². The van der Waals surface area contributed by atoms with Crippen LogP contribution >= 0.6 is 0 Å². The lowest BCUT2D eigenvalue weighted by atomic mass is 10.0. The number of anilines is 1. The summed E-state index contributed by atoms with van der Waals surface area (Å²) < 4.78 is 48.1. The zero-order valence-corrected chi connectivity index (χ0v) is 23.7. The van der Waals surface area contributed by atoms with Crippen LogP contribution in [0.2, 0.25) is 0 Å². The number of ether oxygens (including phenoxy) is 1. The molecule has 1 saturated heterocycles. The molecule has 3 heterocycles. The second kappa shape index (κ2) is 12.1. The third-order valence-electron chi connectivity index (χ3n) is 6.83. The number of benzene rings is 2. The van der Waals surface area contributed by atoms with Crippen molar-refractivity contribution < 1.29 is 22.3 Å². The number of halogens is 1. The smallest absolute Gasteiger partial charge is 0.281 e. The highest BCUT2D eigenvalue weighted by Gasteiger charge is 2.31. The SMILES string of the molecule is CC(C)COc1cc(F)cc(-c2ccc(C(=O)NS(=O)(=O)c3ccn[nH]3)c(N3CCCC3Cc3ccccc3)n2)c1. The van der Waals surface area contributed by atoms with Gasteiger partial charge >= 0.3 is 0 Å². The molecule has 4 aromatic rings. The van der Waals surface area contributed by atoms with Gasteiger partial charge in [-0.3, -0.25) is 9.89 Å². The van der Waals surface area contributed by atoms with E-state index in [1.165, 1.54) is 30.5 Å². The Morgan fingerprint density at radius 3 is 2.68 bits per heavy atom. The van der Waals surface area contributed by atoms with E-state index in [1.807, 2.05) is 36.9 Å². The van der Waals surface area contributed by atoms with Crippen LogP contribution in [0, 0.1) is 11.7 Å². The third-order valence-corrected chi connectivity index (χ3v) is 8.09. The number of pyridine rings is 1. The van der Waals surface area contributed by atoms with Crippen LogP contribution in [-0.2, 0) is 16.4 Å². The van der Waals surface area contributed by atoms with Crippen LogP contribution in [0.3, 0.4) is 0 Å². The molecule has 2 N–H and O–H groups in total. The maximum atomic E-state index is 14.6. The molecular formula is C30H32FN5O4S. The molecule has 1 aliphatic heterocycles. The molecule has 9 nitrogen and oxygen atoms in total. The molecule has 0 spiro atoms. The van der Waals surface area contributed by atoms with Crippen molar-refractivity contribution in [2.24, 2.45) is 5.92 Å². The Morgan fingerprint density at radius 2 is 1.95 bits per heavy atom. The van der Waals surface area contributed by atoms with Crippen LogP contribution in [-0.4, -0.2) is 48.7 Å². The number of hydrogen-bond acceptors (Lipinski definition) is 7. The fourth-order valence-corrected chi connectivity index (χ4v) is 5.78. The molecule has 2 aromatic heterocycles. The average Bonchev–Trinajstić information content (AvgIpc) is 3.65. The number of nitrogens with one attached hydrogen (secondary N) is 2. The van der Waals surface area contributed by atoms with Crippen molar-refractivity contribution in [2.75, 3.05) is 18.1 Å². The Kier molecular flexibility index (Phi) is 8.34. The molecule has 1 amide bonds. The monoisotopic (exact) mass is 577 g/mol. The molecule has 0 saturated carbocycles. The van der Waals surface area contributed by atoms with Crippen LogP contribution in [0.15, 0.2) is 78.0 Å². The van der Waals surface area contributed by atoms with Gasteiger partial charge in [0, 0.05) is 24.2 Å². The summed E-state index contributed by atoms with van der Waals surface area (Å²) in [6.45, 7) is 5.08. The zero-order valence-electron chi connectivity index (χ0n) is 22.9. The lowest BCUT2D eigenvalue weighted by Gasteiger charge is -2.28. The predicted molar refractivity (Wildman–Crippen MR) is 154 cm³/mol.